The fourth-order valence-corrected chi connectivity index (χ4v) is 4.22. The number of aromatic nitrogens is 3. The van der Waals surface area contributed by atoms with Crippen molar-refractivity contribution in [2.45, 2.75) is 45.8 Å². The zero-order valence-electron chi connectivity index (χ0n) is 20.3. The largest absolute Gasteiger partial charge is 0.491 e. The van der Waals surface area contributed by atoms with Gasteiger partial charge in [0.15, 0.2) is 5.82 Å². The van der Waals surface area contributed by atoms with E-state index in [1.54, 1.807) is 7.05 Å². The van der Waals surface area contributed by atoms with E-state index in [-0.39, 0.29) is 6.61 Å². The Bertz CT molecular complexity index is 1090. The average Bonchev–Trinajstić information content (AvgIpc) is 3.18. The van der Waals surface area contributed by atoms with Crippen LogP contribution in [0.2, 0.25) is 0 Å². The zero-order chi connectivity index (χ0) is 24.1. The molecule has 1 aliphatic heterocycles. The van der Waals surface area contributed by atoms with Crippen LogP contribution < -0.4 is 20.7 Å². The summed E-state index contributed by atoms with van der Waals surface area (Å²) in [5, 5.41) is 24.1. The molecule has 2 aromatic heterocycles. The molecule has 4 N–H and O–H groups in total. The topological polar surface area (TPSA) is 117 Å². The third-order valence-electron chi connectivity index (χ3n) is 6.07. The van der Waals surface area contributed by atoms with Gasteiger partial charge in [-0.3, -0.25) is 0 Å². The second kappa shape index (κ2) is 10.9. The molecule has 1 aliphatic rings. The zero-order valence-corrected chi connectivity index (χ0v) is 20.3. The molecule has 1 saturated heterocycles. The maximum absolute atomic E-state index is 9.97. The molecular weight excluding hydrogens is 432 g/mol. The Labute approximate surface area is 200 Å². The quantitative estimate of drug-likeness (QED) is 0.378. The molecule has 9 heteroatoms. The van der Waals surface area contributed by atoms with Crippen LogP contribution in [0, 0.1) is 20.8 Å². The highest BCUT2D eigenvalue weighted by Gasteiger charge is 2.22. The summed E-state index contributed by atoms with van der Waals surface area (Å²) < 4.78 is 11.3. The number of nitrogens with one attached hydrogen (secondary N) is 3. The van der Waals surface area contributed by atoms with Gasteiger partial charge in [0.05, 0.1) is 17.0 Å². The number of piperidine rings is 1. The molecule has 1 fully saturated rings. The summed E-state index contributed by atoms with van der Waals surface area (Å²) in [4.78, 5) is 9.87. The number of hydrogen-bond donors (Lipinski definition) is 4. The van der Waals surface area contributed by atoms with Crippen LogP contribution in [-0.2, 0) is 0 Å². The van der Waals surface area contributed by atoms with Crippen LogP contribution in [0.3, 0.4) is 0 Å². The normalized spacial score (nSPS) is 15.3. The lowest BCUT2D eigenvalue weighted by Crippen LogP contribution is -2.35. The Morgan fingerprint density at radius 2 is 2.00 bits per heavy atom. The number of benzene rings is 1. The Kier molecular flexibility index (Phi) is 7.77. The molecule has 9 nitrogen and oxygen atoms in total. The first-order valence-electron chi connectivity index (χ1n) is 11.8. The molecule has 0 aliphatic carbocycles. The number of hydrogen-bond acceptors (Lipinski definition) is 9. The van der Waals surface area contributed by atoms with Gasteiger partial charge in [0.2, 0.25) is 0 Å². The van der Waals surface area contributed by atoms with Crippen LogP contribution in [0.15, 0.2) is 28.8 Å². The van der Waals surface area contributed by atoms with Crippen LogP contribution in [-0.4, -0.2) is 65.7 Å². The van der Waals surface area contributed by atoms with E-state index in [0.717, 1.165) is 65.6 Å². The van der Waals surface area contributed by atoms with E-state index in [0.29, 0.717) is 24.2 Å². The van der Waals surface area contributed by atoms with Gasteiger partial charge in [-0.25, -0.2) is 9.97 Å². The third-order valence-corrected chi connectivity index (χ3v) is 6.07. The van der Waals surface area contributed by atoms with Crippen LogP contribution >= 0.6 is 0 Å². The molecular formula is C25H34N6O3. The second-order valence-electron chi connectivity index (χ2n) is 8.79. The summed E-state index contributed by atoms with van der Waals surface area (Å²) in [6, 6.07) is 8.00. The van der Waals surface area contributed by atoms with Crippen molar-refractivity contribution in [2.24, 2.45) is 0 Å². The first kappa shape index (κ1) is 24.1. The van der Waals surface area contributed by atoms with Crippen molar-refractivity contribution in [1.29, 1.82) is 0 Å². The summed E-state index contributed by atoms with van der Waals surface area (Å²) in [6.45, 7) is 8.52. The lowest BCUT2D eigenvalue weighted by molar-refractivity contribution is 0.108. The lowest BCUT2D eigenvalue weighted by Gasteiger charge is -2.25. The lowest BCUT2D eigenvalue weighted by atomic mass is 10.0. The first-order valence-corrected chi connectivity index (χ1v) is 11.8. The number of anilines is 1. The SMILES string of the molecule is CNCC(O)COc1cccc(-c2nc(NC3CCNCC3)c(C)c(-c3c(C)noc3C)n2)c1. The fraction of sp³-hybridized carbons (Fsp3) is 0.480. The first-order chi connectivity index (χ1) is 16.5. The molecule has 1 aromatic carbocycles. The predicted octanol–water partition coefficient (Wildman–Crippen LogP) is 2.85. The highest BCUT2D eigenvalue weighted by atomic mass is 16.5. The number of ether oxygens (including phenoxy) is 1. The number of aryl methyl sites for hydroxylation is 2. The van der Waals surface area contributed by atoms with Gasteiger partial charge in [0.25, 0.3) is 0 Å². The Morgan fingerprint density at radius 3 is 2.71 bits per heavy atom. The van der Waals surface area contributed by atoms with Gasteiger partial charge in [-0.1, -0.05) is 17.3 Å². The van der Waals surface area contributed by atoms with Crippen molar-refractivity contribution in [2.75, 3.05) is 38.6 Å². The second-order valence-corrected chi connectivity index (χ2v) is 8.79. The van der Waals surface area contributed by atoms with Crippen LogP contribution in [0.25, 0.3) is 22.6 Å². The molecule has 34 heavy (non-hydrogen) atoms. The average molecular weight is 467 g/mol. The number of nitrogens with zero attached hydrogens (tertiary/aromatic N) is 3. The van der Waals surface area contributed by atoms with E-state index >= 15 is 0 Å². The highest BCUT2D eigenvalue weighted by Crippen LogP contribution is 2.34. The van der Waals surface area contributed by atoms with Gasteiger partial charge in [0, 0.05) is 23.7 Å². The Balaban J connectivity index is 1.71. The van der Waals surface area contributed by atoms with Gasteiger partial charge >= 0.3 is 0 Å². The summed E-state index contributed by atoms with van der Waals surface area (Å²) in [7, 11) is 1.80. The molecule has 3 aromatic rings. The van der Waals surface area contributed by atoms with Gasteiger partial charge in [-0.2, -0.15) is 0 Å². The summed E-state index contributed by atoms with van der Waals surface area (Å²) in [5.74, 6) is 2.80. The highest BCUT2D eigenvalue weighted by molar-refractivity contribution is 5.74. The van der Waals surface area contributed by atoms with Crippen molar-refractivity contribution in [3.8, 4) is 28.4 Å². The predicted molar refractivity (Wildman–Crippen MR) is 132 cm³/mol. The van der Waals surface area contributed by atoms with Crippen molar-refractivity contribution in [3.63, 3.8) is 0 Å². The summed E-state index contributed by atoms with van der Waals surface area (Å²) >= 11 is 0. The molecule has 0 amide bonds. The molecule has 0 spiro atoms. The van der Waals surface area contributed by atoms with Gasteiger partial charge in [-0.15, -0.1) is 0 Å². The van der Waals surface area contributed by atoms with Gasteiger partial charge in [-0.05, 0) is 65.9 Å². The van der Waals surface area contributed by atoms with E-state index in [4.69, 9.17) is 19.2 Å². The van der Waals surface area contributed by atoms with E-state index in [2.05, 4.69) is 21.1 Å². The van der Waals surface area contributed by atoms with Crippen LogP contribution in [0.1, 0.15) is 29.9 Å². The minimum atomic E-state index is -0.587. The molecule has 1 unspecified atom stereocenters. The van der Waals surface area contributed by atoms with E-state index < -0.39 is 6.10 Å². The number of aliphatic hydroxyl groups excluding tert-OH is 1. The molecule has 3 heterocycles. The molecule has 1 atom stereocenters. The monoisotopic (exact) mass is 466 g/mol. The number of rotatable bonds is 9. The van der Waals surface area contributed by atoms with Crippen LogP contribution in [0.4, 0.5) is 5.82 Å². The maximum atomic E-state index is 9.97. The van der Waals surface area contributed by atoms with Crippen molar-refractivity contribution >= 4 is 5.82 Å². The summed E-state index contributed by atoms with van der Waals surface area (Å²) in [6.07, 6.45) is 1.49. The number of aliphatic hydroxyl groups is 1. The molecule has 0 bridgehead atoms. The minimum absolute atomic E-state index is 0.200. The fourth-order valence-electron chi connectivity index (χ4n) is 4.22. The standard InChI is InChI=1S/C25H34N6O3/c1-15-23(22-16(2)31-34-17(22)3)29-25(30-24(15)28-19-8-10-27-11-9-19)18-6-5-7-21(12-18)33-14-20(32)13-26-4/h5-7,12,19-20,26-27,32H,8-11,13-14H2,1-4H3,(H,28,29,30). The summed E-state index contributed by atoms with van der Waals surface area (Å²) in [5.41, 5.74) is 4.32. The van der Waals surface area contributed by atoms with Crippen molar-refractivity contribution < 1.29 is 14.4 Å². The van der Waals surface area contributed by atoms with Crippen LogP contribution in [0.5, 0.6) is 5.75 Å². The van der Waals surface area contributed by atoms with Gasteiger partial charge < -0.3 is 30.3 Å². The van der Waals surface area contributed by atoms with E-state index in [1.807, 2.05) is 45.0 Å². The smallest absolute Gasteiger partial charge is 0.162 e. The molecule has 182 valence electrons. The minimum Gasteiger partial charge on any atom is -0.491 e. The third kappa shape index (κ3) is 5.55. The molecule has 4 rings (SSSR count). The number of likely N-dealkylation sites (N-methyl/N-ethyl adjacent to an activating group) is 1. The Morgan fingerprint density at radius 1 is 1.21 bits per heavy atom. The van der Waals surface area contributed by atoms with Crippen molar-refractivity contribution in [1.82, 2.24) is 25.8 Å². The molecule has 0 radical (unpaired) electrons. The molecule has 0 saturated carbocycles. The Hall–Kier alpha value is -3.01. The van der Waals surface area contributed by atoms with E-state index in [9.17, 15) is 5.11 Å². The van der Waals surface area contributed by atoms with Gasteiger partial charge in [0.1, 0.15) is 30.0 Å². The maximum Gasteiger partial charge on any atom is 0.162 e. The van der Waals surface area contributed by atoms with E-state index in [1.165, 1.54) is 0 Å². The van der Waals surface area contributed by atoms with Crippen molar-refractivity contribution in [3.05, 3.63) is 41.3 Å².